The van der Waals surface area contributed by atoms with E-state index in [0.717, 1.165) is 0 Å². The van der Waals surface area contributed by atoms with Crippen LogP contribution in [-0.2, 0) is 9.59 Å². The van der Waals surface area contributed by atoms with Crippen LogP contribution in [0.5, 0.6) is 0 Å². The summed E-state index contributed by atoms with van der Waals surface area (Å²) in [5.41, 5.74) is -1.74. The molecular formula is C10H14F3NO4. The summed E-state index contributed by atoms with van der Waals surface area (Å²) in [6, 6.07) is 0. The van der Waals surface area contributed by atoms with Crippen molar-refractivity contribution in [1.82, 2.24) is 4.90 Å². The first-order valence-corrected chi connectivity index (χ1v) is 5.43. The number of carboxylic acids is 1. The molecule has 5 nitrogen and oxygen atoms in total. The van der Waals surface area contributed by atoms with Crippen LogP contribution in [0, 0.1) is 5.41 Å². The number of carbonyl (C=O) groups excluding carboxylic acids is 1. The van der Waals surface area contributed by atoms with Gasteiger partial charge in [0.15, 0.2) is 0 Å². The monoisotopic (exact) mass is 269 g/mol. The number of nitrogens with zero attached hydrogens (tertiary/aromatic N) is 1. The summed E-state index contributed by atoms with van der Waals surface area (Å²) in [6.07, 6.45) is -4.03. The fraction of sp³-hybridized carbons (Fsp3) is 0.800. The molecule has 1 rings (SSSR count). The molecule has 1 saturated carbocycles. The molecule has 0 aromatic rings. The Morgan fingerprint density at radius 1 is 1.28 bits per heavy atom. The predicted octanol–water partition coefficient (Wildman–Crippen LogP) is 0.624. The van der Waals surface area contributed by atoms with Crippen molar-refractivity contribution in [2.45, 2.75) is 25.4 Å². The van der Waals surface area contributed by atoms with Crippen LogP contribution < -0.4 is 0 Å². The fourth-order valence-electron chi connectivity index (χ4n) is 1.94. The Bertz CT molecular complexity index is 339. The lowest BCUT2D eigenvalue weighted by atomic mass is 9.67. The number of hydrogen-bond donors (Lipinski definition) is 2. The molecule has 0 radical (unpaired) electrons. The lowest BCUT2D eigenvalue weighted by Gasteiger charge is -2.40. The Morgan fingerprint density at radius 2 is 1.83 bits per heavy atom. The normalized spacial score (nSPS) is 18.0. The van der Waals surface area contributed by atoms with E-state index in [1.165, 1.54) is 0 Å². The molecule has 18 heavy (non-hydrogen) atoms. The highest BCUT2D eigenvalue weighted by Gasteiger charge is 2.53. The average molecular weight is 269 g/mol. The third-order valence-corrected chi connectivity index (χ3v) is 3.05. The molecule has 0 heterocycles. The van der Waals surface area contributed by atoms with Gasteiger partial charge in [-0.15, -0.1) is 0 Å². The number of halogens is 3. The third-order valence-electron chi connectivity index (χ3n) is 3.05. The van der Waals surface area contributed by atoms with Gasteiger partial charge in [0.25, 0.3) is 0 Å². The van der Waals surface area contributed by atoms with Crippen molar-refractivity contribution < 1.29 is 33.0 Å². The highest BCUT2D eigenvalue weighted by atomic mass is 19.4. The largest absolute Gasteiger partial charge is 0.480 e. The van der Waals surface area contributed by atoms with Gasteiger partial charge in [0.2, 0.25) is 5.91 Å². The quantitative estimate of drug-likeness (QED) is 0.717. The Balaban J connectivity index is 2.85. The second kappa shape index (κ2) is 5.13. The molecule has 1 aliphatic rings. The molecule has 0 bridgehead atoms. The summed E-state index contributed by atoms with van der Waals surface area (Å²) in [4.78, 5) is 23.3. The molecule has 0 spiro atoms. The number of aliphatic hydroxyl groups is 1. The number of rotatable bonds is 5. The molecule has 8 heteroatoms. The van der Waals surface area contributed by atoms with Gasteiger partial charge in [-0.2, -0.15) is 13.2 Å². The Labute approximate surface area is 101 Å². The van der Waals surface area contributed by atoms with E-state index in [9.17, 15) is 22.8 Å². The van der Waals surface area contributed by atoms with Crippen molar-refractivity contribution in [1.29, 1.82) is 0 Å². The summed E-state index contributed by atoms with van der Waals surface area (Å²) in [5, 5.41) is 17.6. The lowest BCUT2D eigenvalue weighted by Crippen LogP contribution is -2.55. The first-order valence-electron chi connectivity index (χ1n) is 5.43. The minimum absolute atomic E-state index is 0.0426. The van der Waals surface area contributed by atoms with Crippen molar-refractivity contribution in [3.8, 4) is 0 Å². The number of alkyl halides is 3. The molecule has 104 valence electrons. The summed E-state index contributed by atoms with van der Waals surface area (Å²) in [6.45, 7) is -2.70. The third kappa shape index (κ3) is 2.92. The number of amides is 1. The number of carbonyl (C=O) groups is 2. The van der Waals surface area contributed by atoms with Crippen LogP contribution in [0.4, 0.5) is 13.2 Å². The van der Waals surface area contributed by atoms with Gasteiger partial charge in [-0.1, -0.05) is 6.42 Å². The maximum atomic E-state index is 12.3. The molecule has 1 amide bonds. The average Bonchev–Trinajstić information content (AvgIpc) is 2.12. The van der Waals surface area contributed by atoms with Gasteiger partial charge < -0.3 is 15.1 Å². The highest BCUT2D eigenvalue weighted by Crippen LogP contribution is 2.43. The van der Waals surface area contributed by atoms with Crippen molar-refractivity contribution in [3.05, 3.63) is 0 Å². The predicted molar refractivity (Wildman–Crippen MR) is 53.6 cm³/mol. The van der Waals surface area contributed by atoms with E-state index in [1.54, 1.807) is 0 Å². The van der Waals surface area contributed by atoms with E-state index >= 15 is 0 Å². The maximum Gasteiger partial charge on any atom is 0.406 e. The molecule has 0 aromatic heterocycles. The topological polar surface area (TPSA) is 77.8 Å². The number of aliphatic hydroxyl groups excluding tert-OH is 1. The van der Waals surface area contributed by atoms with Crippen LogP contribution in [0.2, 0.25) is 0 Å². The summed E-state index contributed by atoms with van der Waals surface area (Å²) in [5.74, 6) is -2.46. The number of hydrogen-bond acceptors (Lipinski definition) is 3. The Morgan fingerprint density at radius 3 is 2.11 bits per heavy atom. The maximum absolute atomic E-state index is 12.3. The zero-order chi connectivity index (χ0) is 14.0. The van der Waals surface area contributed by atoms with Crippen LogP contribution in [0.15, 0.2) is 0 Å². The van der Waals surface area contributed by atoms with E-state index in [-0.39, 0.29) is 12.8 Å². The summed E-state index contributed by atoms with van der Waals surface area (Å²) in [7, 11) is 0. The van der Waals surface area contributed by atoms with E-state index in [2.05, 4.69) is 0 Å². The van der Waals surface area contributed by atoms with E-state index in [4.69, 9.17) is 10.2 Å². The molecule has 0 unspecified atom stereocenters. The second-order valence-corrected chi connectivity index (χ2v) is 4.31. The standard InChI is InChI=1S/C10H14F3NO4/c11-10(12,13)6-14(4-5-15)7(16)9(8(17)18)2-1-3-9/h15H,1-6H2,(H,17,18). The van der Waals surface area contributed by atoms with Crippen molar-refractivity contribution in [2.75, 3.05) is 19.7 Å². The van der Waals surface area contributed by atoms with Gasteiger partial charge in [-0.25, -0.2) is 0 Å². The molecule has 0 saturated heterocycles. The minimum atomic E-state index is -4.62. The van der Waals surface area contributed by atoms with E-state index in [0.29, 0.717) is 11.3 Å². The molecule has 0 aliphatic heterocycles. The van der Waals surface area contributed by atoms with Crippen molar-refractivity contribution in [2.24, 2.45) is 5.41 Å². The number of aliphatic carboxylic acids is 1. The van der Waals surface area contributed by atoms with Gasteiger partial charge in [-0.05, 0) is 12.8 Å². The lowest BCUT2D eigenvalue weighted by molar-refractivity contribution is -0.180. The second-order valence-electron chi connectivity index (χ2n) is 4.31. The fourth-order valence-corrected chi connectivity index (χ4v) is 1.94. The van der Waals surface area contributed by atoms with Gasteiger partial charge in [0, 0.05) is 6.54 Å². The first kappa shape index (κ1) is 14.7. The van der Waals surface area contributed by atoms with Crippen molar-refractivity contribution in [3.63, 3.8) is 0 Å². The molecule has 2 N–H and O–H groups in total. The van der Waals surface area contributed by atoms with Crippen LogP contribution in [0.1, 0.15) is 19.3 Å². The number of carboxylic acid groups (broad SMARTS) is 1. The van der Waals surface area contributed by atoms with Crippen LogP contribution in [0.3, 0.4) is 0 Å². The van der Waals surface area contributed by atoms with E-state index < -0.39 is 43.2 Å². The summed E-state index contributed by atoms with van der Waals surface area (Å²) < 4.78 is 36.8. The Hall–Kier alpha value is -1.31. The smallest absolute Gasteiger partial charge is 0.406 e. The molecule has 1 fully saturated rings. The SMILES string of the molecule is O=C(O)C1(C(=O)N(CCO)CC(F)(F)F)CCC1. The van der Waals surface area contributed by atoms with E-state index in [1.807, 2.05) is 0 Å². The van der Waals surface area contributed by atoms with Gasteiger partial charge in [0.1, 0.15) is 12.0 Å². The molecule has 0 aromatic carbocycles. The van der Waals surface area contributed by atoms with Crippen LogP contribution in [-0.4, -0.2) is 52.9 Å². The first-order chi connectivity index (χ1) is 8.23. The van der Waals surface area contributed by atoms with Crippen LogP contribution in [0.25, 0.3) is 0 Å². The van der Waals surface area contributed by atoms with Crippen molar-refractivity contribution >= 4 is 11.9 Å². The highest BCUT2D eigenvalue weighted by molar-refractivity contribution is 6.02. The van der Waals surface area contributed by atoms with Gasteiger partial charge >= 0.3 is 12.1 Å². The molecule has 1 aliphatic carbocycles. The Kier molecular flexibility index (Phi) is 4.20. The zero-order valence-electron chi connectivity index (χ0n) is 9.53. The summed E-state index contributed by atoms with van der Waals surface area (Å²) >= 11 is 0. The zero-order valence-corrected chi connectivity index (χ0v) is 9.53. The minimum Gasteiger partial charge on any atom is -0.480 e. The van der Waals surface area contributed by atoms with Crippen LogP contribution >= 0.6 is 0 Å². The van der Waals surface area contributed by atoms with Gasteiger partial charge in [-0.3, -0.25) is 9.59 Å². The van der Waals surface area contributed by atoms with Gasteiger partial charge in [0.05, 0.1) is 6.61 Å². The molecule has 0 atom stereocenters. The molecular weight excluding hydrogens is 255 g/mol.